The molecule has 1 unspecified atom stereocenters. The molecule has 1 N–H and O–H groups in total. The van der Waals surface area contributed by atoms with Crippen molar-refractivity contribution >= 4 is 30.7 Å². The van der Waals surface area contributed by atoms with Crippen LogP contribution in [0.5, 0.6) is 0 Å². The molecule has 4 nitrogen and oxygen atoms in total. The number of carbonyl (C=O) groups excluding carboxylic acids is 1. The predicted molar refractivity (Wildman–Crippen MR) is 83.4 cm³/mol. The Morgan fingerprint density at radius 2 is 1.79 bits per heavy atom. The molecule has 0 aliphatic carbocycles. The lowest BCUT2D eigenvalue weighted by molar-refractivity contribution is -0.140. The second-order valence-corrected chi connectivity index (χ2v) is 5.44. The van der Waals surface area contributed by atoms with Gasteiger partial charge in [-0.15, -0.1) is 24.8 Å². The Morgan fingerprint density at radius 3 is 2.26 bits per heavy atom. The first-order valence-corrected chi connectivity index (χ1v) is 6.92. The Bertz CT molecular complexity index is 275. The molecule has 2 saturated heterocycles. The molecule has 0 saturated carbocycles. The maximum atomic E-state index is 12.5. The van der Waals surface area contributed by atoms with E-state index in [0.717, 1.165) is 45.7 Å². The van der Waals surface area contributed by atoms with E-state index in [1.807, 2.05) is 4.90 Å². The maximum absolute atomic E-state index is 12.5. The van der Waals surface area contributed by atoms with Crippen LogP contribution in [-0.2, 0) is 4.79 Å². The second-order valence-electron chi connectivity index (χ2n) is 5.44. The minimum atomic E-state index is -0.299. The van der Waals surface area contributed by atoms with Gasteiger partial charge in [0.1, 0.15) is 0 Å². The Morgan fingerprint density at radius 1 is 1.16 bits per heavy atom. The molecule has 2 aliphatic heterocycles. The highest BCUT2D eigenvalue weighted by Gasteiger charge is 2.38. The minimum Gasteiger partial charge on any atom is -0.339 e. The van der Waals surface area contributed by atoms with Gasteiger partial charge in [0.15, 0.2) is 0 Å². The summed E-state index contributed by atoms with van der Waals surface area (Å²) in [5, 5.41) is 3.41. The van der Waals surface area contributed by atoms with E-state index in [9.17, 15) is 4.79 Å². The predicted octanol–water partition coefficient (Wildman–Crippen LogP) is 1.53. The highest BCUT2D eigenvalue weighted by Crippen LogP contribution is 2.21. The number of hydrogen-bond donors (Lipinski definition) is 1. The van der Waals surface area contributed by atoms with Crippen molar-refractivity contribution in [3.8, 4) is 0 Å². The molecule has 2 fully saturated rings. The summed E-state index contributed by atoms with van der Waals surface area (Å²) in [6, 6.07) is 0. The van der Waals surface area contributed by atoms with Crippen LogP contribution in [0.25, 0.3) is 0 Å². The molecule has 114 valence electrons. The van der Waals surface area contributed by atoms with Gasteiger partial charge < -0.3 is 15.1 Å². The standard InChI is InChI=1S/C13H25N3O.2ClH/c1-3-15-8-10-16(11-9-15)12(17)13(2)6-4-5-7-14-13;;/h14H,3-11H2,1-2H3;2*1H. The van der Waals surface area contributed by atoms with Gasteiger partial charge in [0.05, 0.1) is 5.54 Å². The lowest BCUT2D eigenvalue weighted by Crippen LogP contribution is -2.61. The number of piperazine rings is 1. The smallest absolute Gasteiger partial charge is 0.242 e. The minimum absolute atomic E-state index is 0. The Kier molecular flexibility index (Phi) is 8.29. The van der Waals surface area contributed by atoms with Crippen LogP contribution in [0.2, 0.25) is 0 Å². The van der Waals surface area contributed by atoms with Gasteiger partial charge in [-0.1, -0.05) is 6.92 Å². The molecule has 0 radical (unpaired) electrons. The molecule has 19 heavy (non-hydrogen) atoms. The van der Waals surface area contributed by atoms with E-state index in [2.05, 4.69) is 24.1 Å². The van der Waals surface area contributed by atoms with Crippen molar-refractivity contribution < 1.29 is 4.79 Å². The highest BCUT2D eigenvalue weighted by molar-refractivity contribution is 5.86. The summed E-state index contributed by atoms with van der Waals surface area (Å²) in [4.78, 5) is 17.0. The van der Waals surface area contributed by atoms with Gasteiger partial charge in [0.2, 0.25) is 5.91 Å². The SMILES string of the molecule is CCN1CCN(C(=O)C2(C)CCCCN2)CC1.Cl.Cl. The quantitative estimate of drug-likeness (QED) is 0.840. The van der Waals surface area contributed by atoms with E-state index in [-0.39, 0.29) is 30.4 Å². The number of nitrogens with one attached hydrogen (secondary N) is 1. The van der Waals surface area contributed by atoms with E-state index >= 15 is 0 Å². The number of nitrogens with zero attached hydrogens (tertiary/aromatic N) is 2. The van der Waals surface area contributed by atoms with Crippen molar-refractivity contribution in [1.29, 1.82) is 0 Å². The number of piperidine rings is 1. The van der Waals surface area contributed by atoms with E-state index in [1.54, 1.807) is 0 Å². The molecule has 0 aromatic carbocycles. The zero-order chi connectivity index (χ0) is 12.3. The van der Waals surface area contributed by atoms with Gasteiger partial charge in [-0.25, -0.2) is 0 Å². The number of amides is 1. The van der Waals surface area contributed by atoms with Crippen LogP contribution in [0.1, 0.15) is 33.1 Å². The van der Waals surface area contributed by atoms with Gasteiger partial charge in [0, 0.05) is 26.2 Å². The van der Waals surface area contributed by atoms with Gasteiger partial charge >= 0.3 is 0 Å². The molecule has 2 heterocycles. The molecule has 2 rings (SSSR count). The molecule has 0 aromatic rings. The molecule has 2 aliphatic rings. The van der Waals surface area contributed by atoms with E-state index in [1.165, 1.54) is 12.8 Å². The Balaban J connectivity index is 0.00000162. The molecule has 6 heteroatoms. The van der Waals surface area contributed by atoms with Crippen molar-refractivity contribution in [2.24, 2.45) is 0 Å². The first-order chi connectivity index (χ1) is 8.15. The van der Waals surface area contributed by atoms with E-state index < -0.39 is 0 Å². The van der Waals surface area contributed by atoms with Crippen molar-refractivity contribution in [1.82, 2.24) is 15.1 Å². The Hall–Kier alpha value is -0.0300. The average Bonchev–Trinajstić information content (AvgIpc) is 2.39. The first kappa shape index (κ1) is 19.0. The van der Waals surface area contributed by atoms with E-state index in [0.29, 0.717) is 5.91 Å². The molecular weight excluding hydrogens is 285 g/mol. The van der Waals surface area contributed by atoms with Crippen LogP contribution < -0.4 is 5.32 Å². The number of rotatable bonds is 2. The number of likely N-dealkylation sites (N-methyl/N-ethyl adjacent to an activating group) is 1. The lowest BCUT2D eigenvalue weighted by Gasteiger charge is -2.41. The zero-order valence-corrected chi connectivity index (χ0v) is 13.6. The molecule has 0 aromatic heterocycles. The molecule has 0 spiro atoms. The van der Waals surface area contributed by atoms with Gasteiger partial charge in [0.25, 0.3) is 0 Å². The Labute approximate surface area is 129 Å². The van der Waals surface area contributed by atoms with E-state index in [4.69, 9.17) is 0 Å². The highest BCUT2D eigenvalue weighted by atomic mass is 35.5. The van der Waals surface area contributed by atoms with Crippen molar-refractivity contribution in [3.05, 3.63) is 0 Å². The third-order valence-corrected chi connectivity index (χ3v) is 4.20. The summed E-state index contributed by atoms with van der Waals surface area (Å²) < 4.78 is 0. The number of hydrogen-bond acceptors (Lipinski definition) is 3. The second kappa shape index (κ2) is 8.30. The molecule has 1 amide bonds. The maximum Gasteiger partial charge on any atom is 0.242 e. The zero-order valence-electron chi connectivity index (χ0n) is 12.0. The molecule has 1 atom stereocenters. The van der Waals surface area contributed by atoms with Crippen LogP contribution in [-0.4, -0.2) is 60.5 Å². The monoisotopic (exact) mass is 311 g/mol. The first-order valence-electron chi connectivity index (χ1n) is 6.92. The summed E-state index contributed by atoms with van der Waals surface area (Å²) in [6.07, 6.45) is 3.36. The van der Waals surface area contributed by atoms with Gasteiger partial charge in [-0.3, -0.25) is 4.79 Å². The van der Waals surface area contributed by atoms with Gasteiger partial charge in [-0.2, -0.15) is 0 Å². The third kappa shape index (κ3) is 4.48. The topological polar surface area (TPSA) is 35.6 Å². The number of halogens is 2. The van der Waals surface area contributed by atoms with Crippen LogP contribution in [0.15, 0.2) is 0 Å². The van der Waals surface area contributed by atoms with Crippen LogP contribution >= 0.6 is 24.8 Å². The number of carbonyl (C=O) groups is 1. The lowest BCUT2D eigenvalue weighted by atomic mass is 9.89. The van der Waals surface area contributed by atoms with Crippen LogP contribution in [0.4, 0.5) is 0 Å². The van der Waals surface area contributed by atoms with Gasteiger partial charge in [-0.05, 0) is 39.3 Å². The average molecular weight is 312 g/mol. The van der Waals surface area contributed by atoms with Crippen LogP contribution in [0, 0.1) is 0 Å². The van der Waals surface area contributed by atoms with Crippen LogP contribution in [0.3, 0.4) is 0 Å². The fourth-order valence-electron chi connectivity index (χ4n) is 2.85. The molecular formula is C13H27Cl2N3O. The van der Waals surface area contributed by atoms with Crippen molar-refractivity contribution in [2.45, 2.75) is 38.6 Å². The fraction of sp³-hybridized carbons (Fsp3) is 0.923. The van der Waals surface area contributed by atoms with Crippen molar-refractivity contribution in [3.63, 3.8) is 0 Å². The summed E-state index contributed by atoms with van der Waals surface area (Å²) in [5.74, 6) is 0.313. The normalized spacial score (nSPS) is 28.2. The fourth-order valence-corrected chi connectivity index (χ4v) is 2.85. The summed E-state index contributed by atoms with van der Waals surface area (Å²) in [7, 11) is 0. The summed E-state index contributed by atoms with van der Waals surface area (Å²) in [5.41, 5.74) is -0.299. The van der Waals surface area contributed by atoms with Crippen molar-refractivity contribution in [2.75, 3.05) is 39.3 Å². The summed E-state index contributed by atoms with van der Waals surface area (Å²) >= 11 is 0. The third-order valence-electron chi connectivity index (χ3n) is 4.20. The largest absolute Gasteiger partial charge is 0.339 e. The summed E-state index contributed by atoms with van der Waals surface area (Å²) in [6.45, 7) is 10.2. The molecule has 0 bridgehead atoms.